The van der Waals surface area contributed by atoms with E-state index in [4.69, 9.17) is 14.4 Å². The molecule has 0 aliphatic carbocycles. The van der Waals surface area contributed by atoms with Crippen LogP contribution < -0.4 is 4.74 Å². The summed E-state index contributed by atoms with van der Waals surface area (Å²) in [4.78, 5) is 10.8. The lowest BCUT2D eigenvalue weighted by Gasteiger charge is -2.23. The minimum Gasteiger partial charge on any atom is -0.463 e. The first-order chi connectivity index (χ1) is 8.26. The fraction of sp³-hybridized carbons (Fsp3) is 0.538. The van der Waals surface area contributed by atoms with Crippen molar-refractivity contribution in [1.82, 2.24) is 5.23 Å². The lowest BCUT2D eigenvalue weighted by Crippen LogP contribution is -2.32. The molecule has 96 valence electrons. The molecule has 0 saturated heterocycles. The van der Waals surface area contributed by atoms with Crippen LogP contribution in [-0.2, 0) is 9.68 Å². The van der Waals surface area contributed by atoms with E-state index < -0.39 is 0 Å². The second kappa shape index (κ2) is 8.06. The number of ether oxygens (including phenoxy) is 1. The third kappa shape index (κ3) is 5.68. The molecule has 0 bridgehead atoms. The Morgan fingerprint density at radius 1 is 1.18 bits per heavy atom. The van der Waals surface area contributed by atoms with Crippen LogP contribution in [0, 0.1) is 0 Å². The summed E-state index contributed by atoms with van der Waals surface area (Å²) in [7, 11) is 0. The Labute approximate surface area is 103 Å². The molecule has 0 radical (unpaired) electrons. The fourth-order valence-corrected chi connectivity index (χ4v) is 1.35. The molecule has 1 aromatic carbocycles. The standard InChI is InChI=1S/C13H21NO3/c1-4-11-14(15-5-2)17-12(3)16-13-9-7-6-8-10-13/h6-10,12H,4-5,11H2,1-3H3. The zero-order valence-electron chi connectivity index (χ0n) is 10.8. The zero-order chi connectivity index (χ0) is 12.5. The third-order valence-electron chi connectivity index (χ3n) is 1.99. The van der Waals surface area contributed by atoms with Gasteiger partial charge in [-0.15, -0.1) is 0 Å². The van der Waals surface area contributed by atoms with Crippen LogP contribution >= 0.6 is 0 Å². The van der Waals surface area contributed by atoms with Crippen LogP contribution in [-0.4, -0.2) is 24.7 Å². The minimum atomic E-state index is -0.379. The van der Waals surface area contributed by atoms with Gasteiger partial charge in [-0.25, -0.2) is 4.84 Å². The molecule has 0 spiro atoms. The fourth-order valence-electron chi connectivity index (χ4n) is 1.35. The van der Waals surface area contributed by atoms with Gasteiger partial charge in [0, 0.05) is 0 Å². The molecule has 0 saturated carbocycles. The van der Waals surface area contributed by atoms with E-state index in [1.54, 1.807) is 0 Å². The third-order valence-corrected chi connectivity index (χ3v) is 1.99. The molecule has 0 heterocycles. The summed E-state index contributed by atoms with van der Waals surface area (Å²) in [5.74, 6) is 0.785. The maximum absolute atomic E-state index is 5.59. The quantitative estimate of drug-likeness (QED) is 0.515. The summed E-state index contributed by atoms with van der Waals surface area (Å²) in [6.45, 7) is 7.13. The van der Waals surface area contributed by atoms with Crippen LogP contribution in [0.1, 0.15) is 27.2 Å². The smallest absolute Gasteiger partial charge is 0.218 e. The molecule has 0 N–H and O–H groups in total. The maximum Gasteiger partial charge on any atom is 0.218 e. The van der Waals surface area contributed by atoms with Crippen molar-refractivity contribution in [3.05, 3.63) is 30.3 Å². The molecule has 0 fully saturated rings. The Hall–Kier alpha value is -1.10. The minimum absolute atomic E-state index is 0.379. The van der Waals surface area contributed by atoms with Crippen LogP contribution in [0.4, 0.5) is 0 Å². The van der Waals surface area contributed by atoms with Crippen molar-refractivity contribution < 1.29 is 14.4 Å². The number of hydrogen-bond acceptors (Lipinski definition) is 4. The van der Waals surface area contributed by atoms with Gasteiger partial charge in [0.15, 0.2) is 0 Å². The van der Waals surface area contributed by atoms with Gasteiger partial charge in [-0.1, -0.05) is 30.3 Å². The maximum atomic E-state index is 5.59. The summed E-state index contributed by atoms with van der Waals surface area (Å²) >= 11 is 0. The predicted molar refractivity (Wildman–Crippen MR) is 66.2 cm³/mol. The Morgan fingerprint density at radius 2 is 1.88 bits per heavy atom. The van der Waals surface area contributed by atoms with E-state index in [1.165, 1.54) is 5.23 Å². The largest absolute Gasteiger partial charge is 0.463 e. The van der Waals surface area contributed by atoms with Gasteiger partial charge in [0.1, 0.15) is 5.75 Å². The SMILES string of the molecule is CCCN(OCC)OC(C)Oc1ccccc1. The topological polar surface area (TPSA) is 30.9 Å². The highest BCUT2D eigenvalue weighted by atomic mass is 17.0. The van der Waals surface area contributed by atoms with E-state index in [0.717, 1.165) is 18.7 Å². The molecule has 4 heteroatoms. The summed E-state index contributed by atoms with van der Waals surface area (Å²) in [5.41, 5.74) is 0. The average molecular weight is 239 g/mol. The Bertz CT molecular complexity index is 286. The molecular weight excluding hydrogens is 218 g/mol. The van der Waals surface area contributed by atoms with Gasteiger partial charge in [0.05, 0.1) is 13.2 Å². The van der Waals surface area contributed by atoms with E-state index in [0.29, 0.717) is 6.61 Å². The molecular formula is C13H21NO3. The molecule has 1 rings (SSSR count). The monoisotopic (exact) mass is 239 g/mol. The van der Waals surface area contributed by atoms with Gasteiger partial charge in [0.25, 0.3) is 0 Å². The molecule has 0 amide bonds. The summed E-state index contributed by atoms with van der Waals surface area (Å²) < 4.78 is 5.59. The zero-order valence-corrected chi connectivity index (χ0v) is 10.8. The number of hydroxylamine groups is 2. The molecule has 1 unspecified atom stereocenters. The molecule has 1 atom stereocenters. The van der Waals surface area contributed by atoms with E-state index in [9.17, 15) is 0 Å². The van der Waals surface area contributed by atoms with Gasteiger partial charge in [-0.2, -0.15) is 0 Å². The molecule has 17 heavy (non-hydrogen) atoms. The van der Waals surface area contributed by atoms with Crippen molar-refractivity contribution in [1.29, 1.82) is 0 Å². The van der Waals surface area contributed by atoms with Crippen LogP contribution in [0.2, 0.25) is 0 Å². The van der Waals surface area contributed by atoms with Crippen molar-refractivity contribution in [3.63, 3.8) is 0 Å². The number of rotatable bonds is 8. The van der Waals surface area contributed by atoms with E-state index in [-0.39, 0.29) is 6.29 Å². The van der Waals surface area contributed by atoms with E-state index >= 15 is 0 Å². The molecule has 0 aromatic heterocycles. The lowest BCUT2D eigenvalue weighted by atomic mass is 10.3. The number of hydrogen-bond donors (Lipinski definition) is 0. The lowest BCUT2D eigenvalue weighted by molar-refractivity contribution is -0.403. The van der Waals surface area contributed by atoms with Gasteiger partial charge in [0.2, 0.25) is 6.29 Å². The Morgan fingerprint density at radius 3 is 2.47 bits per heavy atom. The highest BCUT2D eigenvalue weighted by Crippen LogP contribution is 2.12. The Kier molecular flexibility index (Phi) is 6.62. The van der Waals surface area contributed by atoms with Crippen molar-refractivity contribution in [2.45, 2.75) is 33.5 Å². The number of para-hydroxylation sites is 1. The highest BCUT2D eigenvalue weighted by molar-refractivity contribution is 5.20. The molecule has 0 aliphatic rings. The first kappa shape index (κ1) is 14.0. The van der Waals surface area contributed by atoms with Gasteiger partial charge < -0.3 is 4.74 Å². The second-order valence-corrected chi connectivity index (χ2v) is 3.58. The van der Waals surface area contributed by atoms with Crippen molar-refractivity contribution in [2.75, 3.05) is 13.2 Å². The van der Waals surface area contributed by atoms with Crippen molar-refractivity contribution >= 4 is 0 Å². The predicted octanol–water partition coefficient (Wildman–Crippen LogP) is 3.01. The van der Waals surface area contributed by atoms with Gasteiger partial charge in [-0.05, 0) is 32.4 Å². The Balaban J connectivity index is 2.38. The summed E-state index contributed by atoms with van der Waals surface area (Å²) in [6, 6.07) is 9.58. The van der Waals surface area contributed by atoms with Crippen molar-refractivity contribution in [3.8, 4) is 5.75 Å². The first-order valence-electron chi connectivity index (χ1n) is 6.05. The van der Waals surface area contributed by atoms with Gasteiger partial charge in [-0.3, -0.25) is 4.84 Å². The normalized spacial score (nSPS) is 12.7. The van der Waals surface area contributed by atoms with Crippen molar-refractivity contribution in [2.24, 2.45) is 0 Å². The number of nitrogens with zero attached hydrogens (tertiary/aromatic N) is 1. The summed E-state index contributed by atoms with van der Waals surface area (Å²) in [6.07, 6.45) is 0.577. The molecule has 1 aromatic rings. The second-order valence-electron chi connectivity index (χ2n) is 3.58. The summed E-state index contributed by atoms with van der Waals surface area (Å²) in [5, 5.41) is 1.48. The first-order valence-corrected chi connectivity index (χ1v) is 6.05. The highest BCUT2D eigenvalue weighted by Gasteiger charge is 2.11. The van der Waals surface area contributed by atoms with Crippen LogP contribution in [0.3, 0.4) is 0 Å². The van der Waals surface area contributed by atoms with E-state index in [1.807, 2.05) is 44.2 Å². The van der Waals surface area contributed by atoms with Crippen LogP contribution in [0.15, 0.2) is 30.3 Å². The molecule has 4 nitrogen and oxygen atoms in total. The number of benzene rings is 1. The van der Waals surface area contributed by atoms with Crippen LogP contribution in [0.25, 0.3) is 0 Å². The molecule has 0 aliphatic heterocycles. The average Bonchev–Trinajstić information content (AvgIpc) is 2.30. The van der Waals surface area contributed by atoms with Crippen LogP contribution in [0.5, 0.6) is 5.75 Å². The van der Waals surface area contributed by atoms with E-state index in [2.05, 4.69) is 6.92 Å². The van der Waals surface area contributed by atoms with Gasteiger partial charge >= 0.3 is 0 Å².